The first-order valence-electron chi connectivity index (χ1n) is 12.1. The Hall–Kier alpha value is -3.12. The molecule has 0 saturated carbocycles. The van der Waals surface area contributed by atoms with Crippen LogP contribution in [0.2, 0.25) is 0 Å². The molecular formula is C29H38N2O4. The number of methoxy groups -OCH3 is 1. The summed E-state index contributed by atoms with van der Waals surface area (Å²) in [5.74, 6) is -0.535. The first kappa shape index (κ1) is 26.5. The molecule has 3 rings (SSSR count). The van der Waals surface area contributed by atoms with Crippen LogP contribution in [-0.4, -0.2) is 60.9 Å². The number of rotatable bonds is 7. The zero-order valence-corrected chi connectivity index (χ0v) is 22.2. The van der Waals surface area contributed by atoms with Gasteiger partial charge >= 0.3 is 0 Å². The minimum Gasteiger partial charge on any atom is -0.507 e. The molecule has 1 aliphatic heterocycles. The summed E-state index contributed by atoms with van der Waals surface area (Å²) in [6, 6.07) is 12.7. The summed E-state index contributed by atoms with van der Waals surface area (Å²) in [7, 11) is 5.46. The third-order valence-electron chi connectivity index (χ3n) is 6.55. The number of carbonyl (C=O) groups excluding carboxylic acids is 2. The van der Waals surface area contributed by atoms with E-state index >= 15 is 0 Å². The number of carbonyl (C=O) groups is 2. The molecule has 2 aromatic carbocycles. The lowest BCUT2D eigenvalue weighted by molar-refractivity contribution is -0.140. The van der Waals surface area contributed by atoms with Crippen LogP contribution in [0, 0.1) is 0 Å². The SMILES string of the molecule is COc1ccc(/C(O)=C2/C(=O)C(=O)N(CCN(C)C)C2c2ccc(C(C)(C)C)cc2)cc1C(C)C. The Kier molecular flexibility index (Phi) is 7.75. The maximum atomic E-state index is 13.3. The van der Waals surface area contributed by atoms with Crippen LogP contribution in [-0.2, 0) is 15.0 Å². The lowest BCUT2D eigenvalue weighted by Gasteiger charge is -2.27. The van der Waals surface area contributed by atoms with E-state index in [-0.39, 0.29) is 22.7 Å². The van der Waals surface area contributed by atoms with Crippen LogP contribution < -0.4 is 4.74 Å². The van der Waals surface area contributed by atoms with Gasteiger partial charge in [0.05, 0.1) is 18.7 Å². The smallest absolute Gasteiger partial charge is 0.295 e. The van der Waals surface area contributed by atoms with Gasteiger partial charge in [0.25, 0.3) is 11.7 Å². The highest BCUT2D eigenvalue weighted by atomic mass is 16.5. The minimum absolute atomic E-state index is 0.0262. The van der Waals surface area contributed by atoms with Crippen molar-refractivity contribution in [2.45, 2.75) is 52.0 Å². The summed E-state index contributed by atoms with van der Waals surface area (Å²) in [6.07, 6.45) is 0. The molecule has 35 heavy (non-hydrogen) atoms. The summed E-state index contributed by atoms with van der Waals surface area (Å²) >= 11 is 0. The standard InChI is InChI=1S/C29H38N2O4/c1-18(2)22-17-20(11-14-23(22)35-8)26(32)24-25(19-9-12-21(13-10-19)29(3,4)5)31(16-15-30(6)7)28(34)27(24)33/h9-14,17-18,25,32H,15-16H2,1-8H3/b26-24-. The second-order valence-corrected chi connectivity index (χ2v) is 10.8. The van der Waals surface area contributed by atoms with Crippen LogP contribution in [0.4, 0.5) is 0 Å². The predicted octanol–water partition coefficient (Wildman–Crippen LogP) is 5.10. The molecule has 2 aromatic rings. The maximum absolute atomic E-state index is 13.3. The number of aliphatic hydroxyl groups excluding tert-OH is 1. The number of hydrogen-bond acceptors (Lipinski definition) is 5. The first-order chi connectivity index (χ1) is 16.4. The van der Waals surface area contributed by atoms with Gasteiger partial charge in [0, 0.05) is 18.7 Å². The predicted molar refractivity (Wildman–Crippen MR) is 140 cm³/mol. The van der Waals surface area contributed by atoms with Gasteiger partial charge in [-0.3, -0.25) is 9.59 Å². The maximum Gasteiger partial charge on any atom is 0.295 e. The fourth-order valence-corrected chi connectivity index (χ4v) is 4.42. The highest BCUT2D eigenvalue weighted by Gasteiger charge is 2.46. The van der Waals surface area contributed by atoms with Gasteiger partial charge in [-0.25, -0.2) is 0 Å². The van der Waals surface area contributed by atoms with Crippen molar-refractivity contribution in [2.24, 2.45) is 0 Å². The molecule has 1 N–H and O–H groups in total. The van der Waals surface area contributed by atoms with Crippen LogP contribution in [0.25, 0.3) is 5.76 Å². The van der Waals surface area contributed by atoms with Crippen molar-refractivity contribution < 1.29 is 19.4 Å². The molecule has 1 heterocycles. The largest absolute Gasteiger partial charge is 0.507 e. The van der Waals surface area contributed by atoms with E-state index in [9.17, 15) is 14.7 Å². The summed E-state index contributed by atoms with van der Waals surface area (Å²) < 4.78 is 5.47. The molecule has 0 bridgehead atoms. The van der Waals surface area contributed by atoms with Crippen LogP contribution in [0.3, 0.4) is 0 Å². The lowest BCUT2D eigenvalue weighted by atomic mass is 9.85. The van der Waals surface area contributed by atoms with Crippen LogP contribution in [0.15, 0.2) is 48.0 Å². The minimum atomic E-state index is -0.659. The van der Waals surface area contributed by atoms with Gasteiger partial charge < -0.3 is 19.6 Å². The topological polar surface area (TPSA) is 70.1 Å². The molecule has 1 amide bonds. The fraction of sp³-hybridized carbons (Fsp3) is 0.448. The first-order valence-corrected chi connectivity index (χ1v) is 12.1. The quantitative estimate of drug-likeness (QED) is 0.341. The molecule has 0 aromatic heterocycles. The Morgan fingerprint density at radius 3 is 2.23 bits per heavy atom. The summed E-state index contributed by atoms with van der Waals surface area (Å²) in [5.41, 5.74) is 3.47. The van der Waals surface area contributed by atoms with E-state index in [1.165, 1.54) is 0 Å². The van der Waals surface area contributed by atoms with Gasteiger partial charge in [-0.2, -0.15) is 0 Å². The van der Waals surface area contributed by atoms with Crippen LogP contribution in [0.5, 0.6) is 5.75 Å². The van der Waals surface area contributed by atoms with Crippen molar-refractivity contribution in [3.05, 3.63) is 70.3 Å². The Morgan fingerprint density at radius 2 is 1.71 bits per heavy atom. The number of ketones is 1. The van der Waals surface area contributed by atoms with Crippen LogP contribution in [0.1, 0.15) is 68.8 Å². The molecule has 6 nitrogen and oxygen atoms in total. The molecule has 0 aliphatic carbocycles. The van der Waals surface area contributed by atoms with Gasteiger partial charge in [0.15, 0.2) is 0 Å². The molecule has 1 atom stereocenters. The molecule has 0 radical (unpaired) electrons. The number of hydrogen-bond donors (Lipinski definition) is 1. The third-order valence-corrected chi connectivity index (χ3v) is 6.55. The van der Waals surface area contributed by atoms with Crippen LogP contribution >= 0.6 is 0 Å². The molecule has 1 unspecified atom stereocenters. The van der Waals surface area contributed by atoms with Gasteiger partial charge in [-0.05, 0) is 60.3 Å². The Morgan fingerprint density at radius 1 is 1.09 bits per heavy atom. The average Bonchev–Trinajstić information content (AvgIpc) is 3.06. The van der Waals surface area contributed by atoms with E-state index < -0.39 is 17.7 Å². The average molecular weight is 479 g/mol. The number of aliphatic hydroxyl groups is 1. The summed E-state index contributed by atoms with van der Waals surface area (Å²) in [4.78, 5) is 30.0. The van der Waals surface area contributed by atoms with Crippen molar-refractivity contribution >= 4 is 17.4 Å². The zero-order valence-electron chi connectivity index (χ0n) is 22.2. The van der Waals surface area contributed by atoms with Crippen molar-refractivity contribution in [3.63, 3.8) is 0 Å². The van der Waals surface area contributed by atoms with Crippen molar-refractivity contribution in [3.8, 4) is 5.75 Å². The highest BCUT2D eigenvalue weighted by molar-refractivity contribution is 6.46. The van der Waals surface area contributed by atoms with Crippen molar-refractivity contribution in [1.29, 1.82) is 0 Å². The van der Waals surface area contributed by atoms with E-state index in [2.05, 4.69) is 20.8 Å². The van der Waals surface area contributed by atoms with Gasteiger partial charge in [-0.1, -0.05) is 58.9 Å². The van der Waals surface area contributed by atoms with Gasteiger partial charge in [0.1, 0.15) is 11.5 Å². The Labute approximate surface area is 209 Å². The number of amides is 1. The Balaban J connectivity index is 2.18. The lowest BCUT2D eigenvalue weighted by Crippen LogP contribution is -2.35. The molecular weight excluding hydrogens is 440 g/mol. The monoisotopic (exact) mass is 478 g/mol. The third kappa shape index (κ3) is 5.43. The number of likely N-dealkylation sites (N-methyl/N-ethyl adjacent to an activating group) is 1. The summed E-state index contributed by atoms with van der Waals surface area (Å²) in [6.45, 7) is 11.5. The van der Waals surface area contributed by atoms with E-state index in [0.29, 0.717) is 18.7 Å². The second kappa shape index (κ2) is 10.2. The second-order valence-electron chi connectivity index (χ2n) is 10.8. The normalized spacial score (nSPS) is 18.1. The number of ether oxygens (including phenoxy) is 1. The molecule has 0 spiro atoms. The molecule has 1 fully saturated rings. The molecule has 1 aliphatic rings. The van der Waals surface area contributed by atoms with Crippen molar-refractivity contribution in [1.82, 2.24) is 9.80 Å². The molecule has 6 heteroatoms. The number of benzene rings is 2. The van der Waals surface area contributed by atoms with E-state index in [1.807, 2.05) is 63.2 Å². The van der Waals surface area contributed by atoms with E-state index in [1.54, 1.807) is 24.1 Å². The Bertz CT molecular complexity index is 1120. The van der Waals surface area contributed by atoms with E-state index in [0.717, 1.165) is 22.4 Å². The number of nitrogens with zero attached hydrogens (tertiary/aromatic N) is 2. The number of Topliss-reactive ketones (excluding diaryl/α,β-unsaturated/α-hetero) is 1. The van der Waals surface area contributed by atoms with Gasteiger partial charge in [-0.15, -0.1) is 0 Å². The van der Waals surface area contributed by atoms with Crippen molar-refractivity contribution in [2.75, 3.05) is 34.3 Å². The molecule has 1 saturated heterocycles. The summed E-state index contributed by atoms with van der Waals surface area (Å²) in [5, 5.41) is 11.4. The van der Waals surface area contributed by atoms with Gasteiger partial charge in [0.2, 0.25) is 0 Å². The number of likely N-dealkylation sites (tertiary alicyclic amines) is 1. The van der Waals surface area contributed by atoms with E-state index in [4.69, 9.17) is 4.74 Å². The zero-order chi connectivity index (χ0) is 26.1. The fourth-order valence-electron chi connectivity index (χ4n) is 4.42. The molecule has 188 valence electrons. The highest BCUT2D eigenvalue weighted by Crippen LogP contribution is 2.40.